The Bertz CT molecular complexity index is 607. The van der Waals surface area contributed by atoms with Crippen LogP contribution in [0.5, 0.6) is 5.75 Å². The first-order valence-corrected chi connectivity index (χ1v) is 8.28. The average Bonchev–Trinajstić information content (AvgIpc) is 2.51. The van der Waals surface area contributed by atoms with Gasteiger partial charge < -0.3 is 10.1 Å². The molecule has 0 aromatic heterocycles. The highest BCUT2D eigenvalue weighted by Crippen LogP contribution is 2.32. The van der Waals surface area contributed by atoms with Crippen molar-refractivity contribution in [3.8, 4) is 5.75 Å². The molecule has 0 fully saturated rings. The van der Waals surface area contributed by atoms with E-state index in [1.54, 1.807) is 18.9 Å². The van der Waals surface area contributed by atoms with Crippen LogP contribution in [-0.4, -0.2) is 19.9 Å². The molecule has 0 aliphatic heterocycles. The van der Waals surface area contributed by atoms with Gasteiger partial charge in [0.05, 0.1) is 17.2 Å². The molecule has 0 heterocycles. The van der Waals surface area contributed by atoms with E-state index in [4.69, 9.17) is 27.9 Å². The molecule has 0 radical (unpaired) electrons. The zero-order valence-electron chi connectivity index (χ0n) is 11.9. The minimum absolute atomic E-state index is 0.192. The number of rotatable bonds is 6. The predicted molar refractivity (Wildman–Crippen MR) is 92.0 cm³/mol. The summed E-state index contributed by atoms with van der Waals surface area (Å²) in [5.74, 6) is 1.56. The maximum atomic E-state index is 6.19. The van der Waals surface area contributed by atoms with Crippen molar-refractivity contribution >= 4 is 35.0 Å². The summed E-state index contributed by atoms with van der Waals surface area (Å²) in [6.45, 7) is 0. The van der Waals surface area contributed by atoms with Gasteiger partial charge in [-0.2, -0.15) is 0 Å². The molecule has 0 saturated heterocycles. The van der Waals surface area contributed by atoms with E-state index in [2.05, 4.69) is 5.32 Å². The van der Waals surface area contributed by atoms with Gasteiger partial charge in [0.15, 0.2) is 0 Å². The Morgan fingerprint density at radius 1 is 1.14 bits per heavy atom. The molecule has 2 rings (SSSR count). The Balaban J connectivity index is 2.11. The van der Waals surface area contributed by atoms with E-state index in [1.165, 1.54) is 0 Å². The van der Waals surface area contributed by atoms with Crippen LogP contribution in [0.25, 0.3) is 0 Å². The van der Waals surface area contributed by atoms with Crippen LogP contribution in [0, 0.1) is 0 Å². The van der Waals surface area contributed by atoms with Gasteiger partial charge in [-0.25, -0.2) is 0 Å². The Morgan fingerprint density at radius 3 is 2.57 bits per heavy atom. The molecule has 1 N–H and O–H groups in total. The quantitative estimate of drug-likeness (QED) is 0.742. The highest BCUT2D eigenvalue weighted by atomic mass is 35.5. The van der Waals surface area contributed by atoms with Gasteiger partial charge in [-0.1, -0.05) is 41.4 Å². The van der Waals surface area contributed by atoms with Crippen LogP contribution in [0.1, 0.15) is 11.6 Å². The average molecular weight is 342 g/mol. The van der Waals surface area contributed by atoms with Gasteiger partial charge in [-0.05, 0) is 36.9 Å². The lowest BCUT2D eigenvalue weighted by atomic mass is 10.1. The van der Waals surface area contributed by atoms with Gasteiger partial charge in [0.1, 0.15) is 5.75 Å². The third kappa shape index (κ3) is 4.30. The van der Waals surface area contributed by atoms with Gasteiger partial charge in [-0.3, -0.25) is 0 Å². The standard InChI is InChI=1S/C16H17Cl2NOS/c1-19-14(10-21-16-6-4-3-5-13(16)18)11-7-8-12(17)15(9-11)20-2/h3-9,14,19H,10H2,1-2H3. The summed E-state index contributed by atoms with van der Waals surface area (Å²) >= 11 is 14.0. The summed E-state index contributed by atoms with van der Waals surface area (Å²) in [5.41, 5.74) is 1.14. The molecule has 112 valence electrons. The number of methoxy groups -OCH3 is 1. The van der Waals surface area contributed by atoms with Crippen LogP contribution >= 0.6 is 35.0 Å². The fourth-order valence-corrected chi connectivity index (χ4v) is 3.55. The molecule has 0 saturated carbocycles. The maximum absolute atomic E-state index is 6.19. The molecular formula is C16H17Cl2NOS. The van der Waals surface area contributed by atoms with Crippen molar-refractivity contribution in [1.82, 2.24) is 5.32 Å². The summed E-state index contributed by atoms with van der Waals surface area (Å²) in [6, 6.07) is 13.9. The van der Waals surface area contributed by atoms with Gasteiger partial charge in [0.25, 0.3) is 0 Å². The van der Waals surface area contributed by atoms with E-state index < -0.39 is 0 Å². The molecule has 0 aliphatic rings. The molecule has 2 aromatic rings. The van der Waals surface area contributed by atoms with Gasteiger partial charge in [0.2, 0.25) is 0 Å². The fourth-order valence-electron chi connectivity index (χ4n) is 1.97. The van der Waals surface area contributed by atoms with Crippen LogP contribution in [0.3, 0.4) is 0 Å². The van der Waals surface area contributed by atoms with Gasteiger partial charge in [-0.15, -0.1) is 11.8 Å². The molecule has 0 amide bonds. The van der Waals surface area contributed by atoms with E-state index in [9.17, 15) is 0 Å². The van der Waals surface area contributed by atoms with E-state index >= 15 is 0 Å². The lowest BCUT2D eigenvalue weighted by molar-refractivity contribution is 0.414. The fraction of sp³-hybridized carbons (Fsp3) is 0.250. The summed E-state index contributed by atoms with van der Waals surface area (Å²) < 4.78 is 5.27. The molecular weight excluding hydrogens is 325 g/mol. The minimum atomic E-state index is 0.192. The number of thioether (sulfide) groups is 1. The van der Waals surface area contributed by atoms with E-state index in [1.807, 2.05) is 49.5 Å². The monoisotopic (exact) mass is 341 g/mol. The van der Waals surface area contributed by atoms with Crippen LogP contribution in [0.4, 0.5) is 0 Å². The zero-order valence-corrected chi connectivity index (χ0v) is 14.2. The van der Waals surface area contributed by atoms with E-state index in [-0.39, 0.29) is 6.04 Å². The Morgan fingerprint density at radius 2 is 1.90 bits per heavy atom. The lowest BCUT2D eigenvalue weighted by Gasteiger charge is -2.18. The van der Waals surface area contributed by atoms with Crippen molar-refractivity contribution in [3.05, 3.63) is 58.1 Å². The summed E-state index contributed by atoms with van der Waals surface area (Å²) in [4.78, 5) is 1.08. The number of nitrogens with one attached hydrogen (secondary N) is 1. The molecule has 1 unspecified atom stereocenters. The highest BCUT2D eigenvalue weighted by Gasteiger charge is 2.13. The molecule has 2 nitrogen and oxygen atoms in total. The molecule has 0 aliphatic carbocycles. The SMILES string of the molecule is CNC(CSc1ccccc1Cl)c1ccc(Cl)c(OC)c1. The molecule has 2 aromatic carbocycles. The molecule has 21 heavy (non-hydrogen) atoms. The van der Waals surface area contributed by atoms with Crippen LogP contribution in [0.15, 0.2) is 47.4 Å². The molecule has 5 heteroatoms. The largest absolute Gasteiger partial charge is 0.495 e. The van der Waals surface area contributed by atoms with E-state index in [0.717, 1.165) is 21.2 Å². The number of halogens is 2. The second-order valence-corrected chi connectivity index (χ2v) is 6.35. The predicted octanol–water partition coefficient (Wildman–Crippen LogP) is 5.05. The Labute approximate surface area is 139 Å². The smallest absolute Gasteiger partial charge is 0.137 e. The Kier molecular flexibility index (Phi) is 6.24. The van der Waals surface area contributed by atoms with Crippen molar-refractivity contribution < 1.29 is 4.74 Å². The van der Waals surface area contributed by atoms with Gasteiger partial charge >= 0.3 is 0 Å². The molecule has 1 atom stereocenters. The number of hydrogen-bond acceptors (Lipinski definition) is 3. The van der Waals surface area contributed by atoms with Crippen molar-refractivity contribution in [2.75, 3.05) is 19.9 Å². The Hall–Kier alpha value is -0.870. The molecule has 0 bridgehead atoms. The normalized spacial score (nSPS) is 12.2. The van der Waals surface area contributed by atoms with Gasteiger partial charge in [0, 0.05) is 16.7 Å². The van der Waals surface area contributed by atoms with Crippen molar-refractivity contribution in [3.63, 3.8) is 0 Å². The van der Waals surface area contributed by atoms with E-state index in [0.29, 0.717) is 10.8 Å². The second-order valence-electron chi connectivity index (χ2n) is 4.48. The first-order valence-electron chi connectivity index (χ1n) is 6.53. The first-order chi connectivity index (χ1) is 10.2. The first kappa shape index (κ1) is 16.5. The number of ether oxygens (including phenoxy) is 1. The third-order valence-corrected chi connectivity index (χ3v) is 5.09. The second kappa shape index (κ2) is 7.95. The maximum Gasteiger partial charge on any atom is 0.137 e. The van der Waals surface area contributed by atoms with Crippen LogP contribution in [-0.2, 0) is 0 Å². The lowest BCUT2D eigenvalue weighted by Crippen LogP contribution is -2.18. The summed E-state index contributed by atoms with van der Waals surface area (Å²) in [5, 5.41) is 4.72. The van der Waals surface area contributed by atoms with Crippen LogP contribution < -0.4 is 10.1 Å². The minimum Gasteiger partial charge on any atom is -0.495 e. The highest BCUT2D eigenvalue weighted by molar-refractivity contribution is 7.99. The summed E-state index contributed by atoms with van der Waals surface area (Å²) in [6.07, 6.45) is 0. The zero-order chi connectivity index (χ0) is 15.2. The number of benzene rings is 2. The number of hydrogen-bond donors (Lipinski definition) is 1. The van der Waals surface area contributed by atoms with Crippen molar-refractivity contribution in [1.29, 1.82) is 0 Å². The summed E-state index contributed by atoms with van der Waals surface area (Å²) in [7, 11) is 3.57. The topological polar surface area (TPSA) is 21.3 Å². The third-order valence-electron chi connectivity index (χ3n) is 3.17. The van der Waals surface area contributed by atoms with Crippen LogP contribution in [0.2, 0.25) is 10.0 Å². The van der Waals surface area contributed by atoms with Crippen molar-refractivity contribution in [2.24, 2.45) is 0 Å². The van der Waals surface area contributed by atoms with Crippen molar-refractivity contribution in [2.45, 2.75) is 10.9 Å². The molecule has 0 spiro atoms.